The summed E-state index contributed by atoms with van der Waals surface area (Å²) >= 11 is 23.3. The molecule has 0 saturated carbocycles. The maximum Gasteiger partial charge on any atom is 0.300 e. The fourth-order valence-corrected chi connectivity index (χ4v) is 4.30. The molecule has 0 spiro atoms. The van der Waals surface area contributed by atoms with E-state index in [-0.39, 0.29) is 30.2 Å². The van der Waals surface area contributed by atoms with Crippen molar-refractivity contribution in [3.8, 4) is 46.8 Å². The first kappa shape index (κ1) is 46.3. The van der Waals surface area contributed by atoms with Crippen LogP contribution in [0.3, 0.4) is 0 Å². The Bertz CT molecular complexity index is 2180. The highest BCUT2D eigenvalue weighted by molar-refractivity contribution is 6.49. The van der Waals surface area contributed by atoms with Crippen LogP contribution in [-0.2, 0) is 4.79 Å². The third-order valence-electron chi connectivity index (χ3n) is 6.29. The van der Waals surface area contributed by atoms with Gasteiger partial charge in [0.2, 0.25) is 11.6 Å². The topological polar surface area (TPSA) is 244 Å². The minimum absolute atomic E-state index is 0. The predicted molar refractivity (Wildman–Crippen MR) is 211 cm³/mol. The quantitative estimate of drug-likeness (QED) is 0.0856. The van der Waals surface area contributed by atoms with Crippen LogP contribution >= 0.6 is 46.4 Å². The smallest absolute Gasteiger partial charge is 0.300 e. The monoisotopic (exact) mass is 812 g/mol. The number of carboxylic acid groups (broad SMARTS) is 1. The van der Waals surface area contributed by atoms with E-state index in [0.29, 0.717) is 42.6 Å². The molecule has 1 heterocycles. The lowest BCUT2D eigenvalue weighted by molar-refractivity contribution is -0.134. The van der Waals surface area contributed by atoms with Gasteiger partial charge in [-0.3, -0.25) is 14.4 Å². The molecular weight excluding hydrogens is 786 g/mol. The average molecular weight is 815 g/mol. The summed E-state index contributed by atoms with van der Waals surface area (Å²) in [4.78, 5) is 41.5. The summed E-state index contributed by atoms with van der Waals surface area (Å²) in [5.74, 6) is -1.96. The third-order valence-corrected chi connectivity index (χ3v) is 7.30. The highest BCUT2D eigenvalue weighted by Gasteiger charge is 2.18. The van der Waals surface area contributed by atoms with Crippen molar-refractivity contribution >= 4 is 63.9 Å². The molecule has 0 amide bonds. The fraction of sp³-hybridized carbons (Fsp3) is 0.0513. The number of carboxylic acids is 1. The molecule has 0 fully saturated rings. The number of nitrogens with two attached hydrogens (primary N) is 2. The third kappa shape index (κ3) is 14.6. The fourth-order valence-electron chi connectivity index (χ4n) is 3.79. The molecule has 5 rings (SSSR count). The molecule has 0 aliphatic rings. The molecule has 4 aromatic carbocycles. The number of rotatable bonds is 5. The second-order valence-electron chi connectivity index (χ2n) is 10.1. The van der Waals surface area contributed by atoms with Crippen molar-refractivity contribution in [1.29, 1.82) is 21.0 Å². The Kier molecular flexibility index (Phi) is 19.4. The largest absolute Gasteiger partial charge is 0.481 e. The normalized spacial score (nSPS) is 9.69. The Labute approximate surface area is 336 Å². The van der Waals surface area contributed by atoms with Gasteiger partial charge in [-0.2, -0.15) is 21.0 Å². The van der Waals surface area contributed by atoms with Crippen LogP contribution in [0.25, 0.3) is 22.5 Å². The second-order valence-corrected chi connectivity index (χ2v) is 11.8. The minimum atomic E-state index is -0.833. The SMILES string of the molecule is C.CC(=O)O.N#C/C(N)=C(/N)C#N.N#Cc1nc(-c2ccc(Cl)cc2)c(-c2ccc(Cl)cc2)nc1C#N.O=C(C(=O)c1ccc(Cl)cc1)c1ccc(Cl)cc1. The summed E-state index contributed by atoms with van der Waals surface area (Å²) < 4.78 is 0. The van der Waals surface area contributed by atoms with Crippen LogP contribution in [0.1, 0.15) is 46.5 Å². The molecule has 0 unspecified atom stereocenters. The van der Waals surface area contributed by atoms with Gasteiger partial charge in [-0.05, 0) is 72.8 Å². The highest BCUT2D eigenvalue weighted by atomic mass is 35.5. The Hall–Kier alpha value is -6.77. The molecular formula is C39H28Cl4N8O4. The summed E-state index contributed by atoms with van der Waals surface area (Å²) in [7, 11) is 0. The van der Waals surface area contributed by atoms with Crippen molar-refractivity contribution in [1.82, 2.24) is 9.97 Å². The Morgan fingerprint density at radius 3 is 1.00 bits per heavy atom. The van der Waals surface area contributed by atoms with E-state index in [9.17, 15) is 20.1 Å². The van der Waals surface area contributed by atoms with Crippen LogP contribution in [0.4, 0.5) is 0 Å². The van der Waals surface area contributed by atoms with Crippen molar-refractivity contribution in [2.24, 2.45) is 11.5 Å². The number of ketones is 2. The number of halogens is 4. The van der Waals surface area contributed by atoms with Gasteiger partial charge < -0.3 is 16.6 Å². The average Bonchev–Trinajstić information content (AvgIpc) is 3.17. The van der Waals surface area contributed by atoms with Gasteiger partial charge >= 0.3 is 0 Å². The van der Waals surface area contributed by atoms with Gasteiger partial charge in [0, 0.05) is 49.3 Å². The minimum Gasteiger partial charge on any atom is -0.481 e. The molecule has 0 radical (unpaired) electrons. The number of nitrogens with zero attached hydrogens (tertiary/aromatic N) is 6. The van der Waals surface area contributed by atoms with Crippen LogP contribution < -0.4 is 11.5 Å². The molecule has 0 atom stereocenters. The van der Waals surface area contributed by atoms with E-state index in [1.54, 1.807) is 72.8 Å². The molecule has 0 bridgehead atoms. The summed E-state index contributed by atoms with van der Waals surface area (Å²) in [5, 5.41) is 44.0. The zero-order chi connectivity index (χ0) is 40.4. The van der Waals surface area contributed by atoms with E-state index in [0.717, 1.165) is 18.1 Å². The lowest BCUT2D eigenvalue weighted by Crippen LogP contribution is -2.14. The van der Waals surface area contributed by atoms with Crippen molar-refractivity contribution in [2.75, 3.05) is 0 Å². The van der Waals surface area contributed by atoms with Crippen LogP contribution in [0, 0.1) is 45.3 Å². The first-order valence-electron chi connectivity index (χ1n) is 14.7. The van der Waals surface area contributed by atoms with E-state index in [4.69, 9.17) is 78.3 Å². The van der Waals surface area contributed by atoms with Crippen molar-refractivity contribution in [3.63, 3.8) is 0 Å². The van der Waals surface area contributed by atoms with E-state index in [2.05, 4.69) is 9.97 Å². The van der Waals surface area contributed by atoms with Crippen molar-refractivity contribution in [3.05, 3.63) is 151 Å². The number of carbonyl (C=O) groups is 3. The Morgan fingerprint density at radius 1 is 0.545 bits per heavy atom. The maximum absolute atomic E-state index is 11.9. The molecule has 12 nitrogen and oxygen atoms in total. The zero-order valence-electron chi connectivity index (χ0n) is 27.8. The molecule has 55 heavy (non-hydrogen) atoms. The lowest BCUT2D eigenvalue weighted by atomic mass is 10.0. The number of hydrogen-bond donors (Lipinski definition) is 3. The Balaban J connectivity index is 0.000000429. The number of allylic oxidation sites excluding steroid dienone is 2. The molecule has 0 saturated heterocycles. The van der Waals surface area contributed by atoms with Gasteiger partial charge in [0.15, 0.2) is 11.4 Å². The number of nitriles is 4. The lowest BCUT2D eigenvalue weighted by Gasteiger charge is -2.10. The number of benzene rings is 4. The van der Waals surface area contributed by atoms with E-state index >= 15 is 0 Å². The second kappa shape index (κ2) is 23.0. The molecule has 0 aliphatic heterocycles. The van der Waals surface area contributed by atoms with E-state index in [1.807, 2.05) is 12.1 Å². The maximum atomic E-state index is 11.9. The van der Waals surface area contributed by atoms with Crippen LogP contribution in [-0.4, -0.2) is 32.6 Å². The molecule has 5 aromatic rings. The molecule has 5 N–H and O–H groups in total. The summed E-state index contributed by atoms with van der Waals surface area (Å²) in [6.45, 7) is 1.08. The van der Waals surface area contributed by atoms with Crippen molar-refractivity contribution < 1.29 is 19.5 Å². The number of carbonyl (C=O) groups excluding carboxylic acids is 2. The molecule has 16 heteroatoms. The van der Waals surface area contributed by atoms with Crippen molar-refractivity contribution in [2.45, 2.75) is 14.4 Å². The standard InChI is InChI=1S/C18H8Cl2N4.C14H8Cl2O2.C4H4N4.C2H4O2.CH4/c19-13-5-1-11(2-6-13)17-18(12-3-7-14(20)8-4-12)24-16(10-22)15(9-21)23-17;15-11-5-1-9(2-6-11)13(17)14(18)10-3-7-12(16)8-4-10;5-1-3(7)4(8)2-6;1-2(3)4;/h1-8H;1-8H;7-8H2;1H3,(H,3,4);1H4/b;;4-3-;;. The van der Waals surface area contributed by atoms with Gasteiger partial charge in [-0.15, -0.1) is 0 Å². The van der Waals surface area contributed by atoms with Crippen LogP contribution in [0.5, 0.6) is 0 Å². The van der Waals surface area contributed by atoms with Crippen LogP contribution in [0.2, 0.25) is 20.1 Å². The van der Waals surface area contributed by atoms with Gasteiger partial charge in [-0.1, -0.05) is 78.1 Å². The Morgan fingerprint density at radius 2 is 0.782 bits per heavy atom. The number of hydrogen-bond acceptors (Lipinski definition) is 11. The zero-order valence-corrected chi connectivity index (χ0v) is 30.8. The summed E-state index contributed by atoms with van der Waals surface area (Å²) in [6, 6.07) is 33.4. The predicted octanol–water partition coefficient (Wildman–Crippen LogP) is 8.81. The van der Waals surface area contributed by atoms with Gasteiger partial charge in [0.05, 0.1) is 11.4 Å². The summed E-state index contributed by atoms with van der Waals surface area (Å²) in [5.41, 5.74) is 12.5. The van der Waals surface area contributed by atoms with E-state index in [1.165, 1.54) is 36.4 Å². The first-order valence-corrected chi connectivity index (χ1v) is 16.3. The summed E-state index contributed by atoms with van der Waals surface area (Å²) in [6.07, 6.45) is 0. The highest BCUT2D eigenvalue weighted by Crippen LogP contribution is 2.31. The number of Topliss-reactive ketones (excluding diaryl/α,β-unsaturated/α-hetero) is 2. The molecule has 1 aromatic heterocycles. The van der Waals surface area contributed by atoms with Gasteiger partial charge in [-0.25, -0.2) is 9.97 Å². The van der Waals surface area contributed by atoms with Crippen LogP contribution in [0.15, 0.2) is 108 Å². The number of aromatic nitrogens is 2. The van der Waals surface area contributed by atoms with Gasteiger partial charge in [0.1, 0.15) is 35.7 Å². The number of aliphatic carboxylic acids is 1. The van der Waals surface area contributed by atoms with E-state index < -0.39 is 17.5 Å². The first-order chi connectivity index (χ1) is 25.6. The molecule has 276 valence electrons. The van der Waals surface area contributed by atoms with Gasteiger partial charge in [0.25, 0.3) is 5.97 Å². The molecule has 0 aliphatic carbocycles.